The van der Waals surface area contributed by atoms with Gasteiger partial charge in [0.15, 0.2) is 0 Å². The number of hydrogen-bond acceptors (Lipinski definition) is 3. The monoisotopic (exact) mass is 439 g/mol. The molecule has 0 unspecified atom stereocenters. The van der Waals surface area contributed by atoms with Crippen molar-refractivity contribution in [3.63, 3.8) is 0 Å². The number of methoxy groups -OCH3 is 1. The van der Waals surface area contributed by atoms with E-state index in [9.17, 15) is 9.59 Å². The average molecular weight is 440 g/mol. The molecule has 6 heteroatoms. The number of hydrogen-bond donors (Lipinski definition) is 2. The summed E-state index contributed by atoms with van der Waals surface area (Å²) in [6.07, 6.45) is 3.64. The number of nitrogens with zero attached hydrogens (tertiary/aromatic N) is 1. The maximum atomic E-state index is 13.2. The van der Waals surface area contributed by atoms with Crippen molar-refractivity contribution in [3.05, 3.63) is 107 Å². The van der Waals surface area contributed by atoms with Crippen LogP contribution in [-0.4, -0.2) is 23.5 Å². The lowest BCUT2D eigenvalue weighted by molar-refractivity contribution is -0.117. The van der Waals surface area contributed by atoms with Crippen LogP contribution in [0.25, 0.3) is 17.0 Å². The Kier molecular flexibility index (Phi) is 6.55. The zero-order valence-corrected chi connectivity index (χ0v) is 18.5. The standard InChI is InChI=1S/C27H25N3O3/c1-30-18-20(21-12-6-8-14-24(21)30)16-23(27(32)28-17-19-10-4-3-5-11-19)29-26(31)22-13-7-9-15-25(22)33-2/h3-16,18H,17H2,1-2H3,(H,28,32)(H,29,31)/b23-16+. The average Bonchev–Trinajstić information content (AvgIpc) is 3.18. The molecule has 0 saturated carbocycles. The number of aromatic nitrogens is 1. The van der Waals surface area contributed by atoms with Gasteiger partial charge >= 0.3 is 0 Å². The minimum atomic E-state index is -0.422. The molecule has 0 aliphatic rings. The molecule has 3 aromatic carbocycles. The minimum absolute atomic E-state index is 0.151. The molecule has 0 aliphatic carbocycles. The number of benzene rings is 3. The number of ether oxygens (including phenoxy) is 1. The molecule has 2 N–H and O–H groups in total. The lowest BCUT2D eigenvalue weighted by atomic mass is 10.1. The van der Waals surface area contributed by atoms with E-state index in [4.69, 9.17) is 4.74 Å². The summed E-state index contributed by atoms with van der Waals surface area (Å²) in [5.74, 6) is -0.368. The summed E-state index contributed by atoms with van der Waals surface area (Å²) in [5, 5.41) is 6.67. The van der Waals surface area contributed by atoms with Crippen molar-refractivity contribution in [1.29, 1.82) is 0 Å². The third-order valence-corrected chi connectivity index (χ3v) is 5.37. The van der Waals surface area contributed by atoms with Crippen LogP contribution in [0, 0.1) is 0 Å². The molecular weight excluding hydrogens is 414 g/mol. The second-order valence-electron chi connectivity index (χ2n) is 7.59. The molecule has 166 valence electrons. The van der Waals surface area contributed by atoms with E-state index in [-0.39, 0.29) is 11.6 Å². The van der Waals surface area contributed by atoms with Gasteiger partial charge < -0.3 is 19.9 Å². The Labute approximate surface area is 192 Å². The van der Waals surface area contributed by atoms with Crippen LogP contribution in [0.4, 0.5) is 0 Å². The number of carbonyl (C=O) groups excluding carboxylic acids is 2. The number of para-hydroxylation sites is 2. The summed E-state index contributed by atoms with van der Waals surface area (Å²) in [4.78, 5) is 26.2. The van der Waals surface area contributed by atoms with Gasteiger partial charge in [-0.3, -0.25) is 9.59 Å². The van der Waals surface area contributed by atoms with E-state index in [2.05, 4.69) is 10.6 Å². The highest BCUT2D eigenvalue weighted by Crippen LogP contribution is 2.23. The van der Waals surface area contributed by atoms with Crippen LogP contribution in [-0.2, 0) is 18.4 Å². The number of nitrogens with one attached hydrogen (secondary N) is 2. The fourth-order valence-electron chi connectivity index (χ4n) is 3.70. The first-order valence-electron chi connectivity index (χ1n) is 10.6. The third-order valence-electron chi connectivity index (χ3n) is 5.37. The molecule has 0 fully saturated rings. The topological polar surface area (TPSA) is 72.4 Å². The van der Waals surface area contributed by atoms with Gasteiger partial charge in [0.2, 0.25) is 0 Å². The molecule has 0 atom stereocenters. The maximum absolute atomic E-state index is 13.2. The van der Waals surface area contributed by atoms with Gasteiger partial charge in [0.1, 0.15) is 11.4 Å². The van der Waals surface area contributed by atoms with E-state index in [0.717, 1.165) is 22.0 Å². The number of fused-ring (bicyclic) bond motifs is 1. The molecule has 0 spiro atoms. The Morgan fingerprint density at radius 2 is 1.64 bits per heavy atom. The van der Waals surface area contributed by atoms with Crippen LogP contribution in [0.2, 0.25) is 0 Å². The maximum Gasteiger partial charge on any atom is 0.268 e. The van der Waals surface area contributed by atoms with Gasteiger partial charge in [-0.05, 0) is 29.8 Å². The summed E-state index contributed by atoms with van der Waals surface area (Å²) in [5.41, 5.74) is 3.33. The Morgan fingerprint density at radius 1 is 0.939 bits per heavy atom. The molecule has 0 saturated heterocycles. The molecule has 1 aromatic heterocycles. The first-order valence-corrected chi connectivity index (χ1v) is 10.6. The molecule has 0 radical (unpaired) electrons. The highest BCUT2D eigenvalue weighted by atomic mass is 16.5. The highest BCUT2D eigenvalue weighted by Gasteiger charge is 2.18. The zero-order chi connectivity index (χ0) is 23.2. The van der Waals surface area contributed by atoms with Crippen molar-refractivity contribution < 1.29 is 14.3 Å². The predicted octanol–water partition coefficient (Wildman–Crippen LogP) is 4.27. The van der Waals surface area contributed by atoms with E-state index in [1.807, 2.05) is 72.4 Å². The minimum Gasteiger partial charge on any atom is -0.496 e. The molecule has 2 amide bonds. The van der Waals surface area contributed by atoms with Gasteiger partial charge in [0, 0.05) is 36.3 Å². The first-order chi connectivity index (χ1) is 16.1. The highest BCUT2D eigenvalue weighted by molar-refractivity contribution is 6.07. The number of rotatable bonds is 7. The van der Waals surface area contributed by atoms with Crippen molar-refractivity contribution >= 4 is 28.8 Å². The normalized spacial score (nSPS) is 11.3. The van der Waals surface area contributed by atoms with Gasteiger partial charge in [-0.25, -0.2) is 0 Å². The lowest BCUT2D eigenvalue weighted by Crippen LogP contribution is -2.34. The van der Waals surface area contributed by atoms with E-state index < -0.39 is 5.91 Å². The van der Waals surface area contributed by atoms with Crippen molar-refractivity contribution in [1.82, 2.24) is 15.2 Å². The van der Waals surface area contributed by atoms with E-state index >= 15 is 0 Å². The van der Waals surface area contributed by atoms with E-state index in [1.165, 1.54) is 7.11 Å². The summed E-state index contributed by atoms with van der Waals surface area (Å²) in [6, 6.07) is 24.4. The zero-order valence-electron chi connectivity index (χ0n) is 18.5. The van der Waals surface area contributed by atoms with Crippen molar-refractivity contribution in [2.24, 2.45) is 7.05 Å². The van der Waals surface area contributed by atoms with Crippen LogP contribution in [0.1, 0.15) is 21.5 Å². The van der Waals surface area contributed by atoms with E-state index in [0.29, 0.717) is 17.9 Å². The second kappa shape index (κ2) is 9.87. The summed E-state index contributed by atoms with van der Waals surface area (Å²) >= 11 is 0. The summed E-state index contributed by atoms with van der Waals surface area (Å²) in [7, 11) is 3.45. The van der Waals surface area contributed by atoms with Crippen molar-refractivity contribution in [3.8, 4) is 5.75 Å². The van der Waals surface area contributed by atoms with Crippen LogP contribution in [0.5, 0.6) is 5.75 Å². The first kappa shape index (κ1) is 21.9. The van der Waals surface area contributed by atoms with Gasteiger partial charge in [0.25, 0.3) is 11.8 Å². The summed E-state index contributed by atoms with van der Waals surface area (Å²) in [6.45, 7) is 0.344. The molecule has 1 heterocycles. The van der Waals surface area contributed by atoms with Gasteiger partial charge in [-0.1, -0.05) is 60.7 Å². The smallest absolute Gasteiger partial charge is 0.268 e. The molecule has 4 aromatic rings. The SMILES string of the molecule is COc1ccccc1C(=O)N/C(=C/c1cn(C)c2ccccc12)C(=O)NCc1ccccc1. The molecule has 0 bridgehead atoms. The lowest BCUT2D eigenvalue weighted by Gasteiger charge is -2.13. The quantitative estimate of drug-likeness (QED) is 0.423. The van der Waals surface area contributed by atoms with Crippen LogP contribution in [0.15, 0.2) is 90.8 Å². The second-order valence-corrected chi connectivity index (χ2v) is 7.59. The largest absolute Gasteiger partial charge is 0.496 e. The van der Waals surface area contributed by atoms with Crippen LogP contribution in [0.3, 0.4) is 0 Å². The fraction of sp³-hybridized carbons (Fsp3) is 0.111. The molecular formula is C27H25N3O3. The molecule has 4 rings (SSSR count). The van der Waals surface area contributed by atoms with Gasteiger partial charge in [-0.2, -0.15) is 0 Å². The van der Waals surface area contributed by atoms with Gasteiger partial charge in [0.05, 0.1) is 12.7 Å². The number of amides is 2. The van der Waals surface area contributed by atoms with E-state index in [1.54, 1.807) is 30.3 Å². The number of aryl methyl sites for hydroxylation is 1. The Hall–Kier alpha value is -4.32. The Morgan fingerprint density at radius 3 is 2.42 bits per heavy atom. The molecule has 0 aliphatic heterocycles. The van der Waals surface area contributed by atoms with Gasteiger partial charge in [-0.15, -0.1) is 0 Å². The van der Waals surface area contributed by atoms with Crippen molar-refractivity contribution in [2.45, 2.75) is 6.54 Å². The van der Waals surface area contributed by atoms with Crippen LogP contribution >= 0.6 is 0 Å². The van der Waals surface area contributed by atoms with Crippen molar-refractivity contribution in [2.75, 3.05) is 7.11 Å². The Bertz CT molecular complexity index is 1320. The predicted molar refractivity (Wildman–Crippen MR) is 130 cm³/mol. The number of carbonyl (C=O) groups is 2. The molecule has 6 nitrogen and oxygen atoms in total. The third kappa shape index (κ3) is 4.96. The van der Waals surface area contributed by atoms with Crippen LogP contribution < -0.4 is 15.4 Å². The fourth-order valence-corrected chi connectivity index (χ4v) is 3.70. The summed E-state index contributed by atoms with van der Waals surface area (Å²) < 4.78 is 7.30. The molecule has 33 heavy (non-hydrogen) atoms. The Balaban J connectivity index is 1.67.